The van der Waals surface area contributed by atoms with E-state index in [1.807, 2.05) is 0 Å². The highest BCUT2D eigenvalue weighted by atomic mass is 16.6. The Bertz CT molecular complexity index is 95.0. The van der Waals surface area contributed by atoms with Crippen LogP contribution in [0.1, 0.15) is 19.8 Å². The summed E-state index contributed by atoms with van der Waals surface area (Å²) >= 11 is 0. The van der Waals surface area contributed by atoms with E-state index >= 15 is 0 Å². The largest absolute Gasteiger partial charge is 0.393 e. The molecule has 3 atom stereocenters. The van der Waals surface area contributed by atoms with Crippen LogP contribution in [-0.4, -0.2) is 35.1 Å². The number of aliphatic hydroxyl groups is 2. The Morgan fingerprint density at radius 1 is 1.60 bits per heavy atom. The minimum absolute atomic E-state index is 0.258. The van der Waals surface area contributed by atoms with Gasteiger partial charge in [0.05, 0.1) is 24.9 Å². The normalized spacial score (nSPS) is 29.7. The first-order valence-corrected chi connectivity index (χ1v) is 3.66. The molecule has 1 fully saturated rings. The molecule has 3 nitrogen and oxygen atoms in total. The number of ether oxygens (including phenoxy) is 1. The second kappa shape index (κ2) is 3.32. The van der Waals surface area contributed by atoms with E-state index in [9.17, 15) is 5.11 Å². The highest BCUT2D eigenvalue weighted by Gasteiger charge is 2.25. The molecule has 2 N–H and O–H groups in total. The first kappa shape index (κ1) is 7.98. The lowest BCUT2D eigenvalue weighted by atomic mass is 10.1. The van der Waals surface area contributed by atoms with E-state index in [-0.39, 0.29) is 6.10 Å². The predicted molar refractivity (Wildman–Crippen MR) is 36.7 cm³/mol. The van der Waals surface area contributed by atoms with Crippen LogP contribution < -0.4 is 0 Å². The van der Waals surface area contributed by atoms with Gasteiger partial charge in [0.15, 0.2) is 0 Å². The molecule has 10 heavy (non-hydrogen) atoms. The van der Waals surface area contributed by atoms with Crippen LogP contribution >= 0.6 is 0 Å². The van der Waals surface area contributed by atoms with Crippen molar-refractivity contribution in [2.24, 2.45) is 0 Å². The minimum atomic E-state index is -0.409. The van der Waals surface area contributed by atoms with E-state index in [1.165, 1.54) is 0 Å². The van der Waals surface area contributed by atoms with Crippen molar-refractivity contribution in [1.82, 2.24) is 0 Å². The molecule has 1 aliphatic rings. The topological polar surface area (TPSA) is 53.0 Å². The van der Waals surface area contributed by atoms with E-state index in [0.29, 0.717) is 12.8 Å². The molecule has 1 saturated heterocycles. The Kier molecular flexibility index (Phi) is 2.65. The average molecular weight is 146 g/mol. The van der Waals surface area contributed by atoms with Gasteiger partial charge in [-0.3, -0.25) is 0 Å². The highest BCUT2D eigenvalue weighted by molar-refractivity contribution is 4.74. The Morgan fingerprint density at radius 3 is 2.60 bits per heavy atom. The molecule has 0 spiro atoms. The summed E-state index contributed by atoms with van der Waals surface area (Å²) in [6, 6.07) is 0. The molecular formula is C7H14O3. The summed E-state index contributed by atoms with van der Waals surface area (Å²) in [5, 5.41) is 18.0. The molecule has 2 unspecified atom stereocenters. The van der Waals surface area contributed by atoms with Crippen molar-refractivity contribution in [1.29, 1.82) is 0 Å². The molecule has 1 rings (SSSR count). The minimum Gasteiger partial charge on any atom is -0.393 e. The Morgan fingerprint density at radius 2 is 2.20 bits per heavy atom. The van der Waals surface area contributed by atoms with Crippen molar-refractivity contribution in [3.8, 4) is 0 Å². The summed E-state index contributed by atoms with van der Waals surface area (Å²) in [4.78, 5) is 0. The zero-order valence-electron chi connectivity index (χ0n) is 6.16. The van der Waals surface area contributed by atoms with Gasteiger partial charge in [-0.25, -0.2) is 0 Å². The fraction of sp³-hybridized carbons (Fsp3) is 1.00. The predicted octanol–water partition coefficient (Wildman–Crippen LogP) is -0.0929. The molecule has 0 aromatic carbocycles. The second-order valence-electron chi connectivity index (χ2n) is 2.93. The zero-order valence-corrected chi connectivity index (χ0v) is 6.16. The average Bonchev–Trinajstić information content (AvgIpc) is 2.46. The van der Waals surface area contributed by atoms with Crippen LogP contribution in [-0.2, 0) is 4.74 Å². The third kappa shape index (κ3) is 3.15. The standard InChI is InChI=1S/C7H14O3/c1-5(8)2-6(9)3-7-4-10-7/h5-9H,2-4H2,1H3/t5?,6-,7?/m0/s1. The molecule has 1 heterocycles. The SMILES string of the molecule is CC(O)C[C@H](O)CC1CO1. The fourth-order valence-electron chi connectivity index (χ4n) is 0.998. The van der Waals surface area contributed by atoms with Gasteiger partial charge in [-0.2, -0.15) is 0 Å². The number of aliphatic hydroxyl groups excluding tert-OH is 2. The van der Waals surface area contributed by atoms with Gasteiger partial charge in [-0.05, 0) is 13.3 Å². The second-order valence-corrected chi connectivity index (χ2v) is 2.93. The molecule has 0 amide bonds. The summed E-state index contributed by atoms with van der Waals surface area (Å²) in [6.45, 7) is 2.45. The van der Waals surface area contributed by atoms with E-state index in [2.05, 4.69) is 0 Å². The lowest BCUT2D eigenvalue weighted by molar-refractivity contribution is 0.0798. The Labute approximate surface area is 60.6 Å². The molecule has 60 valence electrons. The molecule has 0 aromatic heterocycles. The van der Waals surface area contributed by atoms with Crippen molar-refractivity contribution >= 4 is 0 Å². The van der Waals surface area contributed by atoms with Crippen molar-refractivity contribution in [2.75, 3.05) is 6.61 Å². The van der Waals surface area contributed by atoms with Crippen LogP contribution in [0.25, 0.3) is 0 Å². The van der Waals surface area contributed by atoms with Crippen LogP contribution in [0.2, 0.25) is 0 Å². The van der Waals surface area contributed by atoms with E-state index < -0.39 is 12.2 Å². The van der Waals surface area contributed by atoms with Gasteiger partial charge in [0.1, 0.15) is 0 Å². The maximum absolute atomic E-state index is 9.19. The molecule has 0 saturated carbocycles. The molecule has 0 aliphatic carbocycles. The van der Waals surface area contributed by atoms with Gasteiger partial charge in [0.2, 0.25) is 0 Å². The van der Waals surface area contributed by atoms with Gasteiger partial charge >= 0.3 is 0 Å². The Balaban J connectivity index is 2.02. The molecule has 0 radical (unpaired) electrons. The van der Waals surface area contributed by atoms with Crippen LogP contribution in [0.5, 0.6) is 0 Å². The van der Waals surface area contributed by atoms with Gasteiger partial charge in [-0.1, -0.05) is 0 Å². The molecular weight excluding hydrogens is 132 g/mol. The lowest BCUT2D eigenvalue weighted by Gasteiger charge is -2.09. The molecule has 0 aromatic rings. The number of hydrogen-bond acceptors (Lipinski definition) is 3. The van der Waals surface area contributed by atoms with E-state index in [0.717, 1.165) is 6.61 Å². The summed E-state index contributed by atoms with van der Waals surface area (Å²) in [5.41, 5.74) is 0. The quantitative estimate of drug-likeness (QED) is 0.545. The highest BCUT2D eigenvalue weighted by Crippen LogP contribution is 2.17. The molecule has 1 aliphatic heterocycles. The van der Waals surface area contributed by atoms with Crippen molar-refractivity contribution in [3.05, 3.63) is 0 Å². The van der Waals surface area contributed by atoms with Crippen molar-refractivity contribution in [2.45, 2.75) is 38.1 Å². The lowest BCUT2D eigenvalue weighted by Crippen LogP contribution is -2.16. The summed E-state index contributed by atoms with van der Waals surface area (Å²) in [5.74, 6) is 0. The van der Waals surface area contributed by atoms with Crippen LogP contribution in [0, 0.1) is 0 Å². The van der Waals surface area contributed by atoms with Crippen LogP contribution in [0.15, 0.2) is 0 Å². The summed E-state index contributed by atoms with van der Waals surface area (Å²) in [7, 11) is 0. The van der Waals surface area contributed by atoms with Crippen molar-refractivity contribution < 1.29 is 14.9 Å². The van der Waals surface area contributed by atoms with E-state index in [4.69, 9.17) is 9.84 Å². The maximum atomic E-state index is 9.19. The number of epoxide rings is 1. The van der Waals surface area contributed by atoms with Gasteiger partial charge < -0.3 is 14.9 Å². The Hall–Kier alpha value is -0.120. The first-order chi connectivity index (χ1) is 4.68. The zero-order chi connectivity index (χ0) is 7.56. The van der Waals surface area contributed by atoms with E-state index in [1.54, 1.807) is 6.92 Å². The number of rotatable bonds is 4. The van der Waals surface area contributed by atoms with Gasteiger partial charge in [0, 0.05) is 6.42 Å². The van der Waals surface area contributed by atoms with Crippen molar-refractivity contribution in [3.63, 3.8) is 0 Å². The molecule has 3 heteroatoms. The third-order valence-electron chi connectivity index (χ3n) is 1.55. The van der Waals surface area contributed by atoms with Crippen LogP contribution in [0.4, 0.5) is 0 Å². The third-order valence-corrected chi connectivity index (χ3v) is 1.55. The fourth-order valence-corrected chi connectivity index (χ4v) is 0.998. The smallest absolute Gasteiger partial charge is 0.0834 e. The van der Waals surface area contributed by atoms with Gasteiger partial charge in [-0.15, -0.1) is 0 Å². The maximum Gasteiger partial charge on any atom is 0.0834 e. The summed E-state index contributed by atoms with van der Waals surface area (Å²) in [6.07, 6.45) is 0.583. The van der Waals surface area contributed by atoms with Crippen LogP contribution in [0.3, 0.4) is 0 Å². The first-order valence-electron chi connectivity index (χ1n) is 3.66. The van der Waals surface area contributed by atoms with Gasteiger partial charge in [0.25, 0.3) is 0 Å². The monoisotopic (exact) mass is 146 g/mol. The number of hydrogen-bond donors (Lipinski definition) is 2. The molecule has 0 bridgehead atoms. The summed E-state index contributed by atoms with van der Waals surface area (Å²) < 4.78 is 4.92.